The number of hydrogen-bond acceptors (Lipinski definition) is 6. The number of aliphatic hydroxyl groups is 1. The molecule has 1 aromatic heterocycles. The molecule has 0 aliphatic heterocycles. The molecule has 44 heavy (non-hydrogen) atoms. The van der Waals surface area contributed by atoms with Gasteiger partial charge in [-0.05, 0) is 42.6 Å². The van der Waals surface area contributed by atoms with E-state index >= 15 is 0 Å². The molecule has 0 saturated heterocycles. The third-order valence-electron chi connectivity index (χ3n) is 8.95. The second-order valence-electron chi connectivity index (χ2n) is 12.5. The molecule has 5 N–H and O–H groups in total. The van der Waals surface area contributed by atoms with E-state index in [0.29, 0.717) is 36.8 Å². The van der Waals surface area contributed by atoms with Gasteiger partial charge in [0.15, 0.2) is 0 Å². The highest BCUT2D eigenvalue weighted by molar-refractivity contribution is 5.89. The Balaban J connectivity index is 1.86. The van der Waals surface area contributed by atoms with Crippen LogP contribution in [0.15, 0.2) is 55.5 Å². The second kappa shape index (κ2) is 17.6. The second-order valence-corrected chi connectivity index (χ2v) is 12.5. The fourth-order valence-electron chi connectivity index (χ4n) is 6.20. The lowest BCUT2D eigenvalue weighted by Gasteiger charge is -2.35. The fourth-order valence-corrected chi connectivity index (χ4v) is 6.20. The first-order chi connectivity index (χ1) is 21.1. The fraction of sp³-hybridized carbons (Fsp3) is 0.588. The summed E-state index contributed by atoms with van der Waals surface area (Å²) in [5, 5.41) is 14.6. The molecule has 1 fully saturated rings. The number of primary amides is 1. The maximum atomic E-state index is 14.1. The Morgan fingerprint density at radius 1 is 1.18 bits per heavy atom. The summed E-state index contributed by atoms with van der Waals surface area (Å²) in [6.45, 7) is 7.95. The van der Waals surface area contributed by atoms with Crippen molar-refractivity contribution in [1.29, 1.82) is 0 Å². The first-order valence-electron chi connectivity index (χ1n) is 15.9. The topological polar surface area (TPSA) is 151 Å². The van der Waals surface area contributed by atoms with E-state index in [1.54, 1.807) is 13.2 Å². The van der Waals surface area contributed by atoms with Gasteiger partial charge in [0.25, 0.3) is 0 Å². The quantitative estimate of drug-likeness (QED) is 0.195. The first-order valence-corrected chi connectivity index (χ1v) is 15.9. The van der Waals surface area contributed by atoms with Gasteiger partial charge < -0.3 is 30.8 Å². The number of nitrogens with zero attached hydrogens (tertiary/aromatic N) is 2. The zero-order valence-corrected chi connectivity index (χ0v) is 26.5. The van der Waals surface area contributed by atoms with Crippen LogP contribution in [0.2, 0.25) is 0 Å². The summed E-state index contributed by atoms with van der Waals surface area (Å²) in [7, 11) is 1.58. The number of carbonyl (C=O) groups is 3. The molecule has 1 saturated carbocycles. The van der Waals surface area contributed by atoms with Crippen molar-refractivity contribution in [2.45, 2.75) is 89.8 Å². The number of nitrogens with one attached hydrogen (secondary N) is 2. The minimum absolute atomic E-state index is 0.101. The lowest BCUT2D eigenvalue weighted by Crippen LogP contribution is -2.55. The molecule has 0 spiro atoms. The van der Waals surface area contributed by atoms with E-state index in [2.05, 4.69) is 35.7 Å². The van der Waals surface area contributed by atoms with Gasteiger partial charge in [0.05, 0.1) is 30.1 Å². The van der Waals surface area contributed by atoms with Crippen molar-refractivity contribution in [3.05, 3.63) is 66.8 Å². The Morgan fingerprint density at radius 2 is 1.89 bits per heavy atom. The van der Waals surface area contributed by atoms with Gasteiger partial charge in [-0.2, -0.15) is 0 Å². The number of H-pyrrole nitrogens is 1. The molecule has 10 nitrogen and oxygen atoms in total. The summed E-state index contributed by atoms with van der Waals surface area (Å²) in [6, 6.07) is 8.02. The van der Waals surface area contributed by atoms with Crippen LogP contribution >= 0.6 is 0 Å². The van der Waals surface area contributed by atoms with Crippen LogP contribution in [0.4, 0.5) is 4.79 Å². The maximum absolute atomic E-state index is 14.1. The monoisotopic (exact) mass is 609 g/mol. The van der Waals surface area contributed by atoms with Gasteiger partial charge >= 0.3 is 6.09 Å². The Labute approximate surface area is 261 Å². The van der Waals surface area contributed by atoms with E-state index in [-0.39, 0.29) is 30.8 Å². The third kappa shape index (κ3) is 10.8. The number of rotatable bonds is 17. The number of likely N-dealkylation sites (N-methyl/N-ethyl adjacent to an activating group) is 1. The van der Waals surface area contributed by atoms with E-state index in [9.17, 15) is 19.5 Å². The van der Waals surface area contributed by atoms with Crippen LogP contribution < -0.4 is 11.1 Å². The highest BCUT2D eigenvalue weighted by Gasteiger charge is 2.35. The average molecular weight is 610 g/mol. The molecule has 0 bridgehead atoms. The normalized spacial score (nSPS) is 17.2. The Bertz CT molecular complexity index is 1170. The summed E-state index contributed by atoms with van der Waals surface area (Å²) in [4.78, 5) is 48.2. The zero-order valence-electron chi connectivity index (χ0n) is 26.5. The van der Waals surface area contributed by atoms with Crippen molar-refractivity contribution in [1.82, 2.24) is 20.2 Å². The Kier molecular flexibility index (Phi) is 13.9. The molecule has 2 aromatic rings. The van der Waals surface area contributed by atoms with E-state index in [1.807, 2.05) is 36.4 Å². The maximum Gasteiger partial charge on any atom is 0.404 e. The lowest BCUT2D eigenvalue weighted by molar-refractivity contribution is -0.143. The zero-order chi connectivity index (χ0) is 32.1. The molecule has 3 amide bonds. The highest BCUT2D eigenvalue weighted by Crippen LogP contribution is 2.30. The van der Waals surface area contributed by atoms with Gasteiger partial charge in [0.1, 0.15) is 12.6 Å². The van der Waals surface area contributed by atoms with Crippen molar-refractivity contribution in [2.24, 2.45) is 29.4 Å². The number of allylic oxidation sites excluding steroid dienone is 1. The number of carbonyl (C=O) groups excluding carboxylic acids is 3. The van der Waals surface area contributed by atoms with Crippen LogP contribution in [0.1, 0.15) is 70.1 Å². The third-order valence-corrected chi connectivity index (χ3v) is 8.95. The van der Waals surface area contributed by atoms with E-state index < -0.39 is 30.2 Å². The standard InChI is InChI=1S/C34H51N5O5/c1-5-26(23(2)3)18-31(40)29(17-25-14-10-7-11-15-25)38-32(41)30(19-28-20-36-22-37-28)39(4)33(42)27(21-44-34(35)43)16-24-12-8-6-9-13-24/h5-6,8-9,12-13,20,22-23,25-27,29-31,40H,1,7,10-11,14-19,21H2,2-4H3,(H2,35,43)(H,36,37)(H,38,41)/t26-,27-,29-,30-,31-/m0/s1. The molecule has 10 heteroatoms. The molecule has 3 rings (SSSR count). The van der Waals surface area contributed by atoms with Crippen LogP contribution in [0.25, 0.3) is 0 Å². The summed E-state index contributed by atoms with van der Waals surface area (Å²) in [6.07, 6.45) is 10.7. The molecule has 1 aromatic carbocycles. The van der Waals surface area contributed by atoms with E-state index in [1.165, 1.54) is 17.6 Å². The number of hydrogen-bond donors (Lipinski definition) is 4. The Morgan fingerprint density at radius 3 is 2.48 bits per heavy atom. The van der Waals surface area contributed by atoms with Crippen molar-refractivity contribution in [3.63, 3.8) is 0 Å². The Hall–Kier alpha value is -3.66. The number of amides is 3. The molecular formula is C34H51N5O5. The summed E-state index contributed by atoms with van der Waals surface area (Å²) in [5.41, 5.74) is 6.75. The largest absolute Gasteiger partial charge is 0.449 e. The number of aliphatic hydroxyl groups excluding tert-OH is 1. The smallest absolute Gasteiger partial charge is 0.404 e. The summed E-state index contributed by atoms with van der Waals surface area (Å²) < 4.78 is 5.07. The van der Waals surface area contributed by atoms with Crippen molar-refractivity contribution in [2.75, 3.05) is 13.7 Å². The predicted molar refractivity (Wildman–Crippen MR) is 170 cm³/mol. The van der Waals surface area contributed by atoms with Gasteiger partial charge in [-0.3, -0.25) is 9.59 Å². The molecule has 1 aliphatic rings. The first kappa shape index (κ1) is 34.8. The van der Waals surface area contributed by atoms with Gasteiger partial charge in [-0.25, -0.2) is 9.78 Å². The lowest BCUT2D eigenvalue weighted by atomic mass is 9.81. The number of benzene rings is 1. The number of ether oxygens (including phenoxy) is 1. The van der Waals surface area contributed by atoms with Crippen molar-refractivity contribution >= 4 is 17.9 Å². The molecular weight excluding hydrogens is 558 g/mol. The number of aromatic amines is 1. The average Bonchev–Trinajstić information content (AvgIpc) is 3.53. The molecule has 0 radical (unpaired) electrons. The summed E-state index contributed by atoms with van der Waals surface area (Å²) in [5.74, 6) is -0.667. The van der Waals surface area contributed by atoms with Crippen LogP contribution in [-0.4, -0.2) is 69.7 Å². The van der Waals surface area contributed by atoms with Crippen LogP contribution in [0, 0.1) is 23.7 Å². The van der Waals surface area contributed by atoms with Crippen molar-refractivity contribution in [3.8, 4) is 0 Å². The minimum Gasteiger partial charge on any atom is -0.449 e. The van der Waals surface area contributed by atoms with Crippen LogP contribution in [0.3, 0.4) is 0 Å². The van der Waals surface area contributed by atoms with Crippen LogP contribution in [-0.2, 0) is 27.2 Å². The molecule has 1 heterocycles. The molecule has 242 valence electrons. The number of nitrogens with two attached hydrogens (primary N) is 1. The minimum atomic E-state index is -0.969. The van der Waals surface area contributed by atoms with Gasteiger partial charge in [0, 0.05) is 19.7 Å². The molecule has 0 unspecified atom stereocenters. The molecule has 5 atom stereocenters. The van der Waals surface area contributed by atoms with Gasteiger partial charge in [0.2, 0.25) is 11.8 Å². The van der Waals surface area contributed by atoms with Crippen molar-refractivity contribution < 1.29 is 24.2 Å². The molecule has 1 aliphatic carbocycles. The summed E-state index contributed by atoms with van der Waals surface area (Å²) >= 11 is 0. The van der Waals surface area contributed by atoms with Gasteiger partial charge in [-0.15, -0.1) is 6.58 Å². The van der Waals surface area contributed by atoms with E-state index in [0.717, 1.165) is 31.2 Å². The highest BCUT2D eigenvalue weighted by atomic mass is 16.5. The predicted octanol–water partition coefficient (Wildman–Crippen LogP) is 4.40. The van der Waals surface area contributed by atoms with E-state index in [4.69, 9.17) is 10.5 Å². The number of aromatic nitrogens is 2. The SMILES string of the molecule is C=C[C@@H](C[C@H](O)[C@H](CC1CCCCC1)NC(=O)[C@H](Cc1c[nH]cn1)N(C)C(=O)[C@H](COC(N)=O)Cc1ccccc1)C(C)C. The van der Waals surface area contributed by atoms with Crippen LogP contribution in [0.5, 0.6) is 0 Å². The van der Waals surface area contributed by atoms with Gasteiger partial charge in [-0.1, -0.05) is 82.4 Å². The number of imidazole rings is 1.